The normalized spacial score (nSPS) is 10.8. The Labute approximate surface area is 133 Å². The largest absolute Gasteiger partial charge is 0.484 e. The minimum absolute atomic E-state index is 0.418. The number of hydrogen-bond donors (Lipinski definition) is 1. The maximum Gasteiger partial charge on any atom is 0.164 e. The zero-order chi connectivity index (χ0) is 15.1. The van der Waals surface area contributed by atoms with E-state index >= 15 is 0 Å². The number of aryl methyl sites for hydroxylation is 1. The second-order valence-electron chi connectivity index (χ2n) is 4.70. The van der Waals surface area contributed by atoms with Gasteiger partial charge < -0.3 is 10.1 Å². The molecule has 1 heterocycles. The summed E-state index contributed by atoms with van der Waals surface area (Å²) in [6, 6.07) is 6.07. The van der Waals surface area contributed by atoms with E-state index in [2.05, 4.69) is 51.2 Å². The number of para-hydroxylation sites is 1. The fraction of sp³-hybridized carbons (Fsp3) is 0.467. The summed E-state index contributed by atoms with van der Waals surface area (Å²) in [5.74, 6) is 1.71. The molecule has 21 heavy (non-hydrogen) atoms. The van der Waals surface area contributed by atoms with E-state index in [1.807, 2.05) is 16.8 Å². The second-order valence-corrected chi connectivity index (χ2v) is 5.55. The lowest BCUT2D eigenvalue weighted by Crippen LogP contribution is -2.14. The van der Waals surface area contributed by atoms with E-state index in [-0.39, 0.29) is 0 Å². The van der Waals surface area contributed by atoms with Crippen LogP contribution in [0.25, 0.3) is 0 Å². The molecule has 1 aromatic carbocycles. The highest BCUT2D eigenvalue weighted by Crippen LogP contribution is 2.29. The molecule has 0 saturated carbocycles. The van der Waals surface area contributed by atoms with Gasteiger partial charge >= 0.3 is 0 Å². The Kier molecular flexibility index (Phi) is 6.20. The van der Waals surface area contributed by atoms with E-state index < -0.39 is 0 Å². The van der Waals surface area contributed by atoms with Crippen LogP contribution in [0.2, 0.25) is 0 Å². The average Bonchev–Trinajstić information content (AvgIpc) is 2.92. The van der Waals surface area contributed by atoms with Gasteiger partial charge in [0, 0.05) is 18.7 Å². The van der Waals surface area contributed by atoms with Crippen LogP contribution in [-0.4, -0.2) is 21.3 Å². The third-order valence-corrected chi connectivity index (χ3v) is 3.72. The number of ether oxygens (including phenoxy) is 1. The van der Waals surface area contributed by atoms with Gasteiger partial charge in [0.05, 0.1) is 4.47 Å². The topological polar surface area (TPSA) is 52.0 Å². The number of benzene rings is 1. The Balaban J connectivity index is 2.10. The van der Waals surface area contributed by atoms with Gasteiger partial charge in [-0.3, -0.25) is 0 Å². The lowest BCUT2D eigenvalue weighted by molar-refractivity contribution is 0.281. The highest BCUT2D eigenvalue weighted by atomic mass is 79.9. The molecule has 0 unspecified atom stereocenters. The molecule has 0 amide bonds. The second kappa shape index (κ2) is 8.14. The van der Waals surface area contributed by atoms with Crippen molar-refractivity contribution in [3.63, 3.8) is 0 Å². The summed E-state index contributed by atoms with van der Waals surface area (Å²) in [7, 11) is 0. The fourth-order valence-corrected chi connectivity index (χ4v) is 2.57. The standard InChI is InChI=1S/C15H21BrN4O/c1-3-8-20-14(18-11-19-20)10-21-15-12(9-17-4-2)6-5-7-13(15)16/h5-7,11,17H,3-4,8-10H2,1-2H3. The summed E-state index contributed by atoms with van der Waals surface area (Å²) < 4.78 is 8.83. The molecule has 0 atom stereocenters. The first-order valence-corrected chi connectivity index (χ1v) is 8.03. The quantitative estimate of drug-likeness (QED) is 0.792. The molecule has 2 aromatic rings. The van der Waals surface area contributed by atoms with E-state index in [1.54, 1.807) is 6.33 Å². The van der Waals surface area contributed by atoms with Gasteiger partial charge in [0.25, 0.3) is 0 Å². The Morgan fingerprint density at radius 2 is 2.19 bits per heavy atom. The Bertz CT molecular complexity index is 571. The highest BCUT2D eigenvalue weighted by Gasteiger charge is 2.10. The molecule has 0 saturated heterocycles. The van der Waals surface area contributed by atoms with Crippen molar-refractivity contribution < 1.29 is 4.74 Å². The van der Waals surface area contributed by atoms with Gasteiger partial charge in [0.1, 0.15) is 18.7 Å². The summed E-state index contributed by atoms with van der Waals surface area (Å²) >= 11 is 3.56. The summed E-state index contributed by atoms with van der Waals surface area (Å²) in [5, 5.41) is 7.54. The molecule has 5 nitrogen and oxygen atoms in total. The Morgan fingerprint density at radius 1 is 1.33 bits per heavy atom. The summed E-state index contributed by atoms with van der Waals surface area (Å²) in [5.41, 5.74) is 1.13. The van der Waals surface area contributed by atoms with E-state index in [4.69, 9.17) is 4.74 Å². The first-order chi connectivity index (χ1) is 10.3. The minimum atomic E-state index is 0.418. The lowest BCUT2D eigenvalue weighted by atomic mass is 10.2. The van der Waals surface area contributed by atoms with Crippen molar-refractivity contribution in [2.75, 3.05) is 6.54 Å². The predicted molar refractivity (Wildman–Crippen MR) is 86.2 cm³/mol. The Morgan fingerprint density at radius 3 is 2.95 bits per heavy atom. The van der Waals surface area contributed by atoms with Crippen LogP contribution in [0.5, 0.6) is 5.75 Å². The molecule has 6 heteroatoms. The number of nitrogens with one attached hydrogen (secondary N) is 1. The van der Waals surface area contributed by atoms with Crippen LogP contribution < -0.4 is 10.1 Å². The number of halogens is 1. The zero-order valence-corrected chi connectivity index (χ0v) is 14.1. The monoisotopic (exact) mass is 352 g/mol. The van der Waals surface area contributed by atoms with Crippen LogP contribution in [0.3, 0.4) is 0 Å². The molecular weight excluding hydrogens is 332 g/mol. The van der Waals surface area contributed by atoms with E-state index in [0.717, 1.165) is 47.7 Å². The summed E-state index contributed by atoms with van der Waals surface area (Å²) in [6.07, 6.45) is 2.60. The first-order valence-electron chi connectivity index (χ1n) is 7.23. The molecule has 1 N–H and O–H groups in total. The van der Waals surface area contributed by atoms with E-state index in [1.165, 1.54) is 0 Å². The number of nitrogens with zero attached hydrogens (tertiary/aromatic N) is 3. The van der Waals surface area contributed by atoms with Gasteiger partial charge in [-0.25, -0.2) is 9.67 Å². The third kappa shape index (κ3) is 4.28. The molecule has 2 rings (SSSR count). The predicted octanol–water partition coefficient (Wildman–Crippen LogP) is 3.14. The maximum atomic E-state index is 5.99. The number of aromatic nitrogens is 3. The van der Waals surface area contributed by atoms with Crippen LogP contribution in [-0.2, 0) is 19.7 Å². The smallest absolute Gasteiger partial charge is 0.164 e. The third-order valence-electron chi connectivity index (χ3n) is 3.09. The van der Waals surface area contributed by atoms with E-state index in [0.29, 0.717) is 6.61 Å². The van der Waals surface area contributed by atoms with Crippen molar-refractivity contribution in [1.29, 1.82) is 0 Å². The number of hydrogen-bond acceptors (Lipinski definition) is 4. The first kappa shape index (κ1) is 16.0. The molecule has 0 spiro atoms. The number of rotatable bonds is 8. The summed E-state index contributed by atoms with van der Waals surface area (Å²) in [4.78, 5) is 4.27. The molecule has 114 valence electrons. The van der Waals surface area contributed by atoms with Gasteiger partial charge in [-0.05, 0) is 35.0 Å². The SMILES string of the molecule is CCCn1ncnc1COc1c(Br)cccc1CNCC. The van der Waals surface area contributed by atoms with Crippen LogP contribution >= 0.6 is 15.9 Å². The van der Waals surface area contributed by atoms with Crippen molar-refractivity contribution in [3.05, 3.63) is 40.4 Å². The van der Waals surface area contributed by atoms with Gasteiger partial charge in [-0.1, -0.05) is 26.0 Å². The van der Waals surface area contributed by atoms with Gasteiger partial charge in [0.15, 0.2) is 5.82 Å². The van der Waals surface area contributed by atoms with Crippen molar-refractivity contribution in [3.8, 4) is 5.75 Å². The molecule has 0 bridgehead atoms. The van der Waals surface area contributed by atoms with E-state index in [9.17, 15) is 0 Å². The lowest BCUT2D eigenvalue weighted by Gasteiger charge is -2.13. The molecule has 0 aliphatic rings. The van der Waals surface area contributed by atoms with Crippen LogP contribution in [0.15, 0.2) is 29.0 Å². The van der Waals surface area contributed by atoms with Crippen LogP contribution in [0.4, 0.5) is 0 Å². The van der Waals surface area contributed by atoms with Crippen molar-refractivity contribution >= 4 is 15.9 Å². The molecule has 0 fully saturated rings. The zero-order valence-electron chi connectivity index (χ0n) is 12.5. The van der Waals surface area contributed by atoms with Crippen LogP contribution in [0, 0.1) is 0 Å². The average molecular weight is 353 g/mol. The van der Waals surface area contributed by atoms with Crippen molar-refractivity contribution in [2.45, 2.75) is 40.0 Å². The van der Waals surface area contributed by atoms with Gasteiger partial charge in [-0.2, -0.15) is 5.10 Å². The van der Waals surface area contributed by atoms with Gasteiger partial charge in [0.2, 0.25) is 0 Å². The van der Waals surface area contributed by atoms with Crippen molar-refractivity contribution in [2.24, 2.45) is 0 Å². The minimum Gasteiger partial charge on any atom is -0.484 e. The van der Waals surface area contributed by atoms with Gasteiger partial charge in [-0.15, -0.1) is 0 Å². The molecular formula is C15H21BrN4O. The Hall–Kier alpha value is -1.40. The molecule has 0 aliphatic heterocycles. The highest BCUT2D eigenvalue weighted by molar-refractivity contribution is 9.10. The molecule has 0 aliphatic carbocycles. The maximum absolute atomic E-state index is 5.99. The molecule has 0 radical (unpaired) electrons. The molecule has 1 aromatic heterocycles. The van der Waals surface area contributed by atoms with Crippen molar-refractivity contribution in [1.82, 2.24) is 20.1 Å². The fourth-order valence-electron chi connectivity index (χ4n) is 2.05. The van der Waals surface area contributed by atoms with Crippen LogP contribution in [0.1, 0.15) is 31.7 Å². The summed E-state index contributed by atoms with van der Waals surface area (Å²) in [6.45, 7) is 7.20.